The lowest BCUT2D eigenvalue weighted by atomic mass is 9.94. The maximum absolute atomic E-state index is 13.1. The Hall–Kier alpha value is -1.90. The SMILES string of the molecule is CC1CC(C)CN(S(=O)(=O)c2ccc3oc(C(=O)NCC4CCOCC4)cc3c2)C1. The Kier molecular flexibility index (Phi) is 6.18. The van der Waals surface area contributed by atoms with Crippen molar-refractivity contribution in [1.29, 1.82) is 0 Å². The first kappa shape index (κ1) is 21.3. The Balaban J connectivity index is 1.49. The number of furan rings is 1. The molecule has 2 atom stereocenters. The van der Waals surface area contributed by atoms with Crippen molar-refractivity contribution in [3.8, 4) is 0 Å². The largest absolute Gasteiger partial charge is 0.451 e. The number of amides is 1. The maximum atomic E-state index is 13.1. The Labute approximate surface area is 177 Å². The summed E-state index contributed by atoms with van der Waals surface area (Å²) in [7, 11) is -3.58. The number of nitrogens with one attached hydrogen (secondary N) is 1. The van der Waals surface area contributed by atoms with Crippen molar-refractivity contribution in [3.05, 3.63) is 30.0 Å². The molecule has 3 heterocycles. The maximum Gasteiger partial charge on any atom is 0.287 e. The summed E-state index contributed by atoms with van der Waals surface area (Å²) in [5.74, 6) is 1.02. The van der Waals surface area contributed by atoms with Crippen molar-refractivity contribution < 1.29 is 22.4 Å². The van der Waals surface area contributed by atoms with E-state index < -0.39 is 10.0 Å². The standard InChI is InChI=1S/C22H30N2O5S/c1-15-9-16(2)14-24(13-15)30(26,27)19-3-4-20-18(10-19)11-21(29-20)22(25)23-12-17-5-7-28-8-6-17/h3-4,10-11,15-17H,5-9,12-14H2,1-2H3,(H,23,25). The number of carbonyl (C=O) groups is 1. The Morgan fingerprint density at radius 2 is 1.83 bits per heavy atom. The average molecular weight is 435 g/mol. The summed E-state index contributed by atoms with van der Waals surface area (Å²) in [6.07, 6.45) is 2.92. The molecule has 0 bridgehead atoms. The van der Waals surface area contributed by atoms with Crippen LogP contribution in [0.3, 0.4) is 0 Å². The smallest absolute Gasteiger partial charge is 0.287 e. The van der Waals surface area contributed by atoms with Crippen molar-refractivity contribution in [2.24, 2.45) is 17.8 Å². The molecule has 2 aliphatic heterocycles. The fourth-order valence-corrected chi connectivity index (χ4v) is 6.24. The molecule has 2 aromatic rings. The summed E-state index contributed by atoms with van der Waals surface area (Å²) in [6, 6.07) is 6.42. The molecule has 1 N–H and O–H groups in total. The van der Waals surface area contributed by atoms with Gasteiger partial charge >= 0.3 is 0 Å². The van der Waals surface area contributed by atoms with E-state index in [1.54, 1.807) is 28.6 Å². The van der Waals surface area contributed by atoms with Crippen LogP contribution in [-0.4, -0.2) is 51.5 Å². The number of hydrogen-bond acceptors (Lipinski definition) is 5. The molecule has 164 valence electrons. The van der Waals surface area contributed by atoms with E-state index in [0.717, 1.165) is 32.5 Å². The summed E-state index contributed by atoms with van der Waals surface area (Å²) in [4.78, 5) is 12.7. The molecule has 4 rings (SSSR count). The summed E-state index contributed by atoms with van der Waals surface area (Å²) < 4.78 is 38.9. The quantitative estimate of drug-likeness (QED) is 0.780. The van der Waals surface area contributed by atoms with Crippen LogP contribution in [0, 0.1) is 17.8 Å². The van der Waals surface area contributed by atoms with Gasteiger partial charge in [-0.25, -0.2) is 8.42 Å². The topological polar surface area (TPSA) is 88.9 Å². The fraction of sp³-hybridized carbons (Fsp3) is 0.591. The van der Waals surface area contributed by atoms with Crippen LogP contribution in [0.25, 0.3) is 11.0 Å². The number of hydrogen-bond donors (Lipinski definition) is 1. The van der Waals surface area contributed by atoms with Gasteiger partial charge in [-0.3, -0.25) is 4.79 Å². The third-order valence-electron chi connectivity index (χ3n) is 6.08. The summed E-state index contributed by atoms with van der Waals surface area (Å²) in [6.45, 7) is 7.30. The second kappa shape index (κ2) is 8.69. The molecule has 0 aliphatic carbocycles. The lowest BCUT2D eigenvalue weighted by molar-refractivity contribution is 0.0639. The lowest BCUT2D eigenvalue weighted by Gasteiger charge is -2.34. The highest BCUT2D eigenvalue weighted by molar-refractivity contribution is 7.89. The van der Waals surface area contributed by atoms with Crippen molar-refractivity contribution >= 4 is 26.9 Å². The third-order valence-corrected chi connectivity index (χ3v) is 7.90. The zero-order valence-electron chi connectivity index (χ0n) is 17.6. The molecule has 0 radical (unpaired) electrons. The van der Waals surface area contributed by atoms with E-state index in [0.29, 0.717) is 48.4 Å². The Bertz CT molecular complexity index is 1000. The predicted octanol–water partition coefficient (Wildman–Crippen LogP) is 3.26. The molecule has 1 aromatic heterocycles. The van der Waals surface area contributed by atoms with Crippen molar-refractivity contribution in [2.75, 3.05) is 32.8 Å². The fourth-order valence-electron chi connectivity index (χ4n) is 4.52. The van der Waals surface area contributed by atoms with Crippen LogP contribution in [0.2, 0.25) is 0 Å². The van der Waals surface area contributed by atoms with Crippen LogP contribution in [0.1, 0.15) is 43.7 Å². The van der Waals surface area contributed by atoms with Crippen molar-refractivity contribution in [3.63, 3.8) is 0 Å². The van der Waals surface area contributed by atoms with Gasteiger partial charge in [0, 0.05) is 38.2 Å². The summed E-state index contributed by atoms with van der Waals surface area (Å²) in [5.41, 5.74) is 0.505. The first-order valence-electron chi connectivity index (χ1n) is 10.7. The number of carbonyl (C=O) groups excluding carboxylic acids is 1. The Morgan fingerprint density at radius 1 is 1.13 bits per heavy atom. The van der Waals surface area contributed by atoms with Gasteiger partial charge in [0.2, 0.25) is 10.0 Å². The number of piperidine rings is 1. The van der Waals surface area contributed by atoms with Crippen LogP contribution < -0.4 is 5.32 Å². The van der Waals surface area contributed by atoms with Crippen LogP contribution >= 0.6 is 0 Å². The van der Waals surface area contributed by atoms with Gasteiger partial charge < -0.3 is 14.5 Å². The van der Waals surface area contributed by atoms with Gasteiger partial charge in [0.15, 0.2) is 5.76 Å². The van der Waals surface area contributed by atoms with E-state index in [2.05, 4.69) is 19.2 Å². The van der Waals surface area contributed by atoms with Crippen molar-refractivity contribution in [1.82, 2.24) is 9.62 Å². The Morgan fingerprint density at radius 3 is 2.53 bits per heavy atom. The third kappa shape index (κ3) is 4.55. The summed E-state index contributed by atoms with van der Waals surface area (Å²) >= 11 is 0. The number of benzene rings is 1. The molecule has 8 heteroatoms. The van der Waals surface area contributed by atoms with Crippen LogP contribution in [-0.2, 0) is 14.8 Å². The van der Waals surface area contributed by atoms with Gasteiger partial charge in [-0.2, -0.15) is 4.31 Å². The molecule has 1 aromatic carbocycles. The highest BCUT2D eigenvalue weighted by Gasteiger charge is 2.32. The lowest BCUT2D eigenvalue weighted by Crippen LogP contribution is -2.42. The molecule has 2 saturated heterocycles. The van der Waals surface area contributed by atoms with Gasteiger partial charge in [-0.1, -0.05) is 13.8 Å². The van der Waals surface area contributed by atoms with Gasteiger partial charge in [-0.05, 0) is 61.3 Å². The van der Waals surface area contributed by atoms with Gasteiger partial charge in [0.05, 0.1) is 4.90 Å². The van der Waals surface area contributed by atoms with Gasteiger partial charge in [0.25, 0.3) is 5.91 Å². The van der Waals surface area contributed by atoms with Crippen LogP contribution in [0.4, 0.5) is 0 Å². The van der Waals surface area contributed by atoms with E-state index in [4.69, 9.17) is 9.15 Å². The van der Waals surface area contributed by atoms with Crippen LogP contribution in [0.5, 0.6) is 0 Å². The predicted molar refractivity (Wildman–Crippen MR) is 114 cm³/mol. The molecule has 2 aliphatic rings. The first-order chi connectivity index (χ1) is 14.3. The minimum absolute atomic E-state index is 0.201. The zero-order valence-corrected chi connectivity index (χ0v) is 18.4. The number of sulfonamides is 1. The minimum atomic E-state index is -3.58. The average Bonchev–Trinajstić information content (AvgIpc) is 3.15. The van der Waals surface area contributed by atoms with E-state index in [-0.39, 0.29) is 16.6 Å². The number of fused-ring (bicyclic) bond motifs is 1. The van der Waals surface area contributed by atoms with E-state index >= 15 is 0 Å². The summed E-state index contributed by atoms with van der Waals surface area (Å²) in [5, 5.41) is 3.54. The highest BCUT2D eigenvalue weighted by atomic mass is 32.2. The second-order valence-corrected chi connectivity index (χ2v) is 10.8. The number of nitrogens with zero attached hydrogens (tertiary/aromatic N) is 1. The van der Waals surface area contributed by atoms with Gasteiger partial charge in [-0.15, -0.1) is 0 Å². The normalized spacial score (nSPS) is 24.2. The minimum Gasteiger partial charge on any atom is -0.451 e. The van der Waals surface area contributed by atoms with E-state index in [1.165, 1.54) is 0 Å². The first-order valence-corrected chi connectivity index (χ1v) is 12.2. The molecule has 7 nitrogen and oxygen atoms in total. The van der Waals surface area contributed by atoms with E-state index in [1.807, 2.05) is 0 Å². The van der Waals surface area contributed by atoms with Crippen molar-refractivity contribution in [2.45, 2.75) is 38.0 Å². The molecular weight excluding hydrogens is 404 g/mol. The van der Waals surface area contributed by atoms with E-state index in [9.17, 15) is 13.2 Å². The zero-order chi connectivity index (χ0) is 21.3. The number of rotatable bonds is 5. The molecule has 2 unspecified atom stereocenters. The number of ether oxygens (including phenoxy) is 1. The second-order valence-electron chi connectivity index (χ2n) is 8.84. The molecule has 1 amide bonds. The monoisotopic (exact) mass is 434 g/mol. The van der Waals surface area contributed by atoms with Crippen LogP contribution in [0.15, 0.2) is 33.6 Å². The molecule has 0 saturated carbocycles. The van der Waals surface area contributed by atoms with Gasteiger partial charge in [0.1, 0.15) is 5.58 Å². The molecule has 30 heavy (non-hydrogen) atoms. The molecule has 0 spiro atoms. The molecular formula is C22H30N2O5S. The highest BCUT2D eigenvalue weighted by Crippen LogP contribution is 2.29. The molecule has 2 fully saturated rings.